The lowest BCUT2D eigenvalue weighted by Gasteiger charge is -2.32. The zero-order valence-corrected chi connectivity index (χ0v) is 13.6. The number of hydrogen-bond acceptors (Lipinski definition) is 6. The smallest absolute Gasteiger partial charge is 0.228 e. The van der Waals surface area contributed by atoms with E-state index < -0.39 is 0 Å². The van der Waals surface area contributed by atoms with Crippen LogP contribution in [0.4, 0.5) is 5.95 Å². The molecule has 1 aromatic heterocycles. The van der Waals surface area contributed by atoms with Gasteiger partial charge in [-0.1, -0.05) is 0 Å². The molecule has 7 heteroatoms. The van der Waals surface area contributed by atoms with Gasteiger partial charge in [0.2, 0.25) is 11.8 Å². The van der Waals surface area contributed by atoms with Crippen molar-refractivity contribution in [2.24, 2.45) is 0 Å². The van der Waals surface area contributed by atoms with Gasteiger partial charge in [0.1, 0.15) is 0 Å². The van der Waals surface area contributed by atoms with Crippen molar-refractivity contribution >= 4 is 18.4 Å². The van der Waals surface area contributed by atoms with Gasteiger partial charge in [-0.3, -0.25) is 0 Å². The van der Waals surface area contributed by atoms with Crippen molar-refractivity contribution < 1.29 is 4.74 Å². The number of nitrogens with one attached hydrogen (secondary N) is 1. The minimum Gasteiger partial charge on any atom is -0.481 e. The van der Waals surface area contributed by atoms with Crippen LogP contribution in [-0.2, 0) is 12.8 Å². The fourth-order valence-electron chi connectivity index (χ4n) is 2.81. The van der Waals surface area contributed by atoms with Crippen molar-refractivity contribution in [2.75, 3.05) is 58.3 Å². The number of fused-ring (bicyclic) bond motifs is 1. The highest BCUT2D eigenvalue weighted by Crippen LogP contribution is 2.25. The predicted octanol–water partition coefficient (Wildman–Crippen LogP) is 0.347. The SMILES string of the molecule is COc1nc(N2CCN(C)CC2)nc2c1CCNCC2.Cl. The summed E-state index contributed by atoms with van der Waals surface area (Å²) in [5, 5.41) is 3.41. The number of ether oxygens (including phenoxy) is 1. The van der Waals surface area contributed by atoms with Crippen LogP contribution in [0.3, 0.4) is 0 Å². The Kier molecular flexibility index (Phi) is 5.61. The summed E-state index contributed by atoms with van der Waals surface area (Å²) < 4.78 is 5.50. The minimum absolute atomic E-state index is 0. The molecular formula is C14H24ClN5O. The number of hydrogen-bond donors (Lipinski definition) is 1. The summed E-state index contributed by atoms with van der Waals surface area (Å²) in [6.07, 6.45) is 1.90. The molecule has 21 heavy (non-hydrogen) atoms. The van der Waals surface area contributed by atoms with Crippen molar-refractivity contribution in [3.05, 3.63) is 11.3 Å². The first-order valence-corrected chi connectivity index (χ1v) is 7.36. The first kappa shape index (κ1) is 16.3. The van der Waals surface area contributed by atoms with E-state index in [9.17, 15) is 0 Å². The van der Waals surface area contributed by atoms with E-state index in [-0.39, 0.29) is 12.4 Å². The summed E-state index contributed by atoms with van der Waals surface area (Å²) in [6.45, 7) is 6.04. The molecule has 3 heterocycles. The normalized spacial score (nSPS) is 19.4. The van der Waals surface area contributed by atoms with Gasteiger partial charge < -0.3 is 19.9 Å². The van der Waals surface area contributed by atoms with Crippen molar-refractivity contribution in [1.82, 2.24) is 20.2 Å². The van der Waals surface area contributed by atoms with Crippen LogP contribution >= 0.6 is 12.4 Å². The lowest BCUT2D eigenvalue weighted by Crippen LogP contribution is -2.45. The Morgan fingerprint density at radius 2 is 1.76 bits per heavy atom. The Morgan fingerprint density at radius 3 is 2.48 bits per heavy atom. The molecule has 2 aliphatic heterocycles. The molecule has 3 rings (SSSR count). The van der Waals surface area contributed by atoms with E-state index in [0.717, 1.165) is 69.6 Å². The number of anilines is 1. The number of methoxy groups -OCH3 is 1. The molecule has 1 saturated heterocycles. The average Bonchev–Trinajstić information content (AvgIpc) is 2.72. The van der Waals surface area contributed by atoms with Crippen LogP contribution in [0.5, 0.6) is 5.88 Å². The molecule has 2 aliphatic rings. The quantitative estimate of drug-likeness (QED) is 0.850. The molecule has 0 aliphatic carbocycles. The predicted molar refractivity (Wildman–Crippen MR) is 85.8 cm³/mol. The van der Waals surface area contributed by atoms with Crippen LogP contribution in [0.25, 0.3) is 0 Å². The van der Waals surface area contributed by atoms with Gasteiger partial charge in [-0.2, -0.15) is 4.98 Å². The third kappa shape index (κ3) is 3.56. The molecule has 0 atom stereocenters. The van der Waals surface area contributed by atoms with Crippen LogP contribution in [0, 0.1) is 0 Å². The number of aromatic nitrogens is 2. The molecule has 0 aromatic carbocycles. The van der Waals surface area contributed by atoms with Crippen LogP contribution < -0.4 is 15.0 Å². The van der Waals surface area contributed by atoms with Gasteiger partial charge in [-0.05, 0) is 20.0 Å². The van der Waals surface area contributed by atoms with Crippen molar-refractivity contribution in [2.45, 2.75) is 12.8 Å². The van der Waals surface area contributed by atoms with Crippen molar-refractivity contribution in [3.8, 4) is 5.88 Å². The highest BCUT2D eigenvalue weighted by Gasteiger charge is 2.22. The maximum Gasteiger partial charge on any atom is 0.228 e. The first-order valence-electron chi connectivity index (χ1n) is 7.36. The van der Waals surface area contributed by atoms with E-state index >= 15 is 0 Å². The molecule has 0 spiro atoms. The lowest BCUT2D eigenvalue weighted by atomic mass is 10.1. The van der Waals surface area contributed by atoms with E-state index in [1.807, 2.05) is 0 Å². The summed E-state index contributed by atoms with van der Waals surface area (Å²) in [6, 6.07) is 0. The fraction of sp³-hybridized carbons (Fsp3) is 0.714. The van der Waals surface area contributed by atoms with Crippen LogP contribution in [0.2, 0.25) is 0 Å². The summed E-state index contributed by atoms with van der Waals surface area (Å²) in [5.74, 6) is 1.59. The second kappa shape index (κ2) is 7.24. The Hall–Kier alpha value is -1.11. The zero-order chi connectivity index (χ0) is 13.9. The topological polar surface area (TPSA) is 53.5 Å². The standard InChI is InChI=1S/C14H23N5O.ClH/c1-18-7-9-19(10-8-18)14-16-12-4-6-15-5-3-11(12)13(17-14)20-2;/h15H,3-10H2,1-2H3;1H. The maximum atomic E-state index is 5.50. The summed E-state index contributed by atoms with van der Waals surface area (Å²) in [4.78, 5) is 14.0. The van der Waals surface area contributed by atoms with E-state index in [1.165, 1.54) is 5.56 Å². The average molecular weight is 314 g/mol. The highest BCUT2D eigenvalue weighted by atomic mass is 35.5. The lowest BCUT2D eigenvalue weighted by molar-refractivity contribution is 0.310. The third-order valence-electron chi connectivity index (χ3n) is 4.11. The summed E-state index contributed by atoms with van der Waals surface area (Å²) in [5.41, 5.74) is 2.33. The number of likely N-dealkylation sites (N-methyl/N-ethyl adjacent to an activating group) is 1. The second-order valence-electron chi connectivity index (χ2n) is 5.50. The number of rotatable bonds is 2. The maximum absolute atomic E-state index is 5.50. The summed E-state index contributed by atoms with van der Waals surface area (Å²) in [7, 11) is 3.86. The van der Waals surface area contributed by atoms with Crippen LogP contribution in [-0.4, -0.2) is 68.3 Å². The molecule has 1 N–H and O–H groups in total. The minimum atomic E-state index is 0. The molecule has 0 unspecified atom stereocenters. The Balaban J connectivity index is 0.00000161. The van der Waals surface area contributed by atoms with Crippen LogP contribution in [0.15, 0.2) is 0 Å². The Labute approximate surface area is 132 Å². The van der Waals surface area contributed by atoms with Gasteiger partial charge in [-0.15, -0.1) is 12.4 Å². The molecule has 0 bridgehead atoms. The summed E-state index contributed by atoms with van der Waals surface area (Å²) >= 11 is 0. The molecule has 1 fully saturated rings. The highest BCUT2D eigenvalue weighted by molar-refractivity contribution is 5.85. The van der Waals surface area contributed by atoms with E-state index in [4.69, 9.17) is 9.72 Å². The zero-order valence-electron chi connectivity index (χ0n) is 12.8. The van der Waals surface area contributed by atoms with Gasteiger partial charge in [0.05, 0.1) is 12.8 Å². The Morgan fingerprint density at radius 1 is 1.05 bits per heavy atom. The third-order valence-corrected chi connectivity index (χ3v) is 4.11. The molecule has 118 valence electrons. The van der Waals surface area contributed by atoms with Gasteiger partial charge in [0, 0.05) is 44.7 Å². The van der Waals surface area contributed by atoms with Gasteiger partial charge >= 0.3 is 0 Å². The van der Waals surface area contributed by atoms with Gasteiger partial charge in [0.15, 0.2) is 0 Å². The molecular weight excluding hydrogens is 290 g/mol. The molecule has 1 aromatic rings. The number of halogens is 1. The van der Waals surface area contributed by atoms with E-state index in [0.29, 0.717) is 0 Å². The van der Waals surface area contributed by atoms with E-state index in [1.54, 1.807) is 7.11 Å². The van der Waals surface area contributed by atoms with Crippen molar-refractivity contribution in [3.63, 3.8) is 0 Å². The number of piperazine rings is 1. The largest absolute Gasteiger partial charge is 0.481 e. The van der Waals surface area contributed by atoms with Crippen molar-refractivity contribution in [1.29, 1.82) is 0 Å². The molecule has 0 radical (unpaired) electrons. The molecule has 6 nitrogen and oxygen atoms in total. The Bertz CT molecular complexity index is 477. The fourth-order valence-corrected chi connectivity index (χ4v) is 2.81. The second-order valence-corrected chi connectivity index (χ2v) is 5.50. The molecule has 0 amide bonds. The van der Waals surface area contributed by atoms with Crippen LogP contribution in [0.1, 0.15) is 11.3 Å². The number of nitrogens with zero attached hydrogens (tertiary/aromatic N) is 4. The molecule has 0 saturated carbocycles. The van der Waals surface area contributed by atoms with E-state index in [2.05, 4.69) is 27.1 Å². The first-order chi connectivity index (χ1) is 9.78. The van der Waals surface area contributed by atoms with Gasteiger partial charge in [-0.25, -0.2) is 4.98 Å². The van der Waals surface area contributed by atoms with Gasteiger partial charge in [0.25, 0.3) is 0 Å². The monoisotopic (exact) mass is 313 g/mol.